The SMILES string of the molecule is Nc1ncc2c(n1)/C=C\C=C/C=C2. The van der Waals surface area contributed by atoms with Crippen molar-refractivity contribution in [2.75, 3.05) is 5.73 Å². The van der Waals surface area contributed by atoms with Crippen LogP contribution in [0.1, 0.15) is 11.3 Å². The molecule has 0 aliphatic heterocycles. The standard InChI is InChI=1S/C10H9N3/c11-10-12-7-8-5-3-1-2-4-6-9(8)13-10/h1-7H,(H2,11,12,13)/b2-1-,3-1?,4-2?,5-3?,6-4-,8-5?,9-6?. The Balaban J connectivity index is 2.56. The zero-order valence-electron chi connectivity index (χ0n) is 7.01. The maximum absolute atomic E-state index is 5.47. The van der Waals surface area contributed by atoms with Gasteiger partial charge >= 0.3 is 0 Å². The zero-order chi connectivity index (χ0) is 9.10. The molecule has 0 spiro atoms. The predicted molar refractivity (Wildman–Crippen MR) is 53.7 cm³/mol. The van der Waals surface area contributed by atoms with Crippen LogP contribution in [0.2, 0.25) is 0 Å². The summed E-state index contributed by atoms with van der Waals surface area (Å²) in [5, 5.41) is 0. The largest absolute Gasteiger partial charge is 0.368 e. The lowest BCUT2D eigenvalue weighted by Gasteiger charge is -2.00. The molecule has 1 heterocycles. The van der Waals surface area contributed by atoms with Gasteiger partial charge in [-0.25, -0.2) is 9.97 Å². The van der Waals surface area contributed by atoms with Gasteiger partial charge in [0.25, 0.3) is 0 Å². The van der Waals surface area contributed by atoms with Crippen LogP contribution in [0.5, 0.6) is 0 Å². The maximum atomic E-state index is 5.47. The van der Waals surface area contributed by atoms with E-state index in [1.165, 1.54) is 0 Å². The molecule has 0 fully saturated rings. The molecule has 0 saturated heterocycles. The van der Waals surface area contributed by atoms with Crippen LogP contribution in [-0.2, 0) is 0 Å². The number of anilines is 1. The number of aromatic nitrogens is 2. The number of nitrogens with zero attached hydrogens (tertiary/aromatic N) is 2. The molecule has 0 bridgehead atoms. The third-order valence-corrected chi connectivity index (χ3v) is 1.73. The minimum Gasteiger partial charge on any atom is -0.368 e. The molecule has 1 aliphatic rings. The van der Waals surface area contributed by atoms with Crippen molar-refractivity contribution < 1.29 is 0 Å². The number of fused-ring (bicyclic) bond motifs is 1. The Labute approximate surface area is 76.3 Å². The number of nitrogen functional groups attached to an aromatic ring is 1. The lowest BCUT2D eigenvalue weighted by atomic mass is 10.1. The minimum absolute atomic E-state index is 0.307. The summed E-state index contributed by atoms with van der Waals surface area (Å²) in [5.74, 6) is 0.307. The molecular formula is C10H9N3. The van der Waals surface area contributed by atoms with Crippen LogP contribution >= 0.6 is 0 Å². The van der Waals surface area contributed by atoms with Crippen molar-refractivity contribution in [1.82, 2.24) is 9.97 Å². The lowest BCUT2D eigenvalue weighted by Crippen LogP contribution is -1.98. The van der Waals surface area contributed by atoms with E-state index in [9.17, 15) is 0 Å². The molecule has 0 aromatic carbocycles. The molecule has 0 radical (unpaired) electrons. The normalized spacial score (nSPS) is 18.5. The summed E-state index contributed by atoms with van der Waals surface area (Å²) in [5.41, 5.74) is 7.31. The van der Waals surface area contributed by atoms with Gasteiger partial charge in [0, 0.05) is 11.8 Å². The Morgan fingerprint density at radius 1 is 1.00 bits per heavy atom. The van der Waals surface area contributed by atoms with Gasteiger partial charge in [0.05, 0.1) is 5.69 Å². The number of allylic oxidation sites excluding steroid dienone is 4. The van der Waals surface area contributed by atoms with E-state index >= 15 is 0 Å². The van der Waals surface area contributed by atoms with E-state index in [0.29, 0.717) is 5.95 Å². The van der Waals surface area contributed by atoms with Crippen molar-refractivity contribution >= 4 is 18.1 Å². The Morgan fingerprint density at radius 2 is 1.77 bits per heavy atom. The van der Waals surface area contributed by atoms with Crippen LogP contribution in [0, 0.1) is 0 Å². The number of nitrogens with two attached hydrogens (primary N) is 1. The molecule has 2 rings (SSSR count). The number of rotatable bonds is 0. The average Bonchev–Trinajstić information content (AvgIpc) is 2.08. The van der Waals surface area contributed by atoms with Gasteiger partial charge in [-0.15, -0.1) is 0 Å². The van der Waals surface area contributed by atoms with Gasteiger partial charge < -0.3 is 5.73 Å². The molecule has 3 nitrogen and oxygen atoms in total. The molecule has 0 amide bonds. The third kappa shape index (κ3) is 1.64. The maximum Gasteiger partial charge on any atom is 0.220 e. The van der Waals surface area contributed by atoms with Gasteiger partial charge in [-0.1, -0.05) is 30.4 Å². The first-order valence-corrected chi connectivity index (χ1v) is 4.00. The lowest BCUT2D eigenvalue weighted by molar-refractivity contribution is 1.16. The average molecular weight is 171 g/mol. The third-order valence-electron chi connectivity index (χ3n) is 1.73. The van der Waals surface area contributed by atoms with E-state index in [-0.39, 0.29) is 0 Å². The van der Waals surface area contributed by atoms with E-state index in [1.54, 1.807) is 6.20 Å². The molecular weight excluding hydrogens is 162 g/mol. The van der Waals surface area contributed by atoms with Gasteiger partial charge in [0.2, 0.25) is 5.95 Å². The highest BCUT2D eigenvalue weighted by molar-refractivity contribution is 5.65. The quantitative estimate of drug-likeness (QED) is 0.645. The van der Waals surface area contributed by atoms with Gasteiger partial charge in [-0.2, -0.15) is 0 Å². The van der Waals surface area contributed by atoms with E-state index in [0.717, 1.165) is 11.3 Å². The van der Waals surface area contributed by atoms with E-state index in [2.05, 4.69) is 9.97 Å². The summed E-state index contributed by atoms with van der Waals surface area (Å²) in [4.78, 5) is 8.03. The smallest absolute Gasteiger partial charge is 0.220 e. The predicted octanol–water partition coefficient (Wildman–Crippen LogP) is 1.66. The molecule has 0 unspecified atom stereocenters. The van der Waals surface area contributed by atoms with Gasteiger partial charge in [0.1, 0.15) is 0 Å². The van der Waals surface area contributed by atoms with Crippen molar-refractivity contribution in [3.63, 3.8) is 0 Å². The number of hydrogen-bond acceptors (Lipinski definition) is 3. The topological polar surface area (TPSA) is 51.8 Å². The highest BCUT2D eigenvalue weighted by Gasteiger charge is 1.99. The summed E-state index contributed by atoms with van der Waals surface area (Å²) in [7, 11) is 0. The molecule has 1 aromatic heterocycles. The highest BCUT2D eigenvalue weighted by atomic mass is 15.0. The number of hydrogen-bond donors (Lipinski definition) is 1. The van der Waals surface area contributed by atoms with Crippen LogP contribution < -0.4 is 5.73 Å². The van der Waals surface area contributed by atoms with Crippen LogP contribution in [-0.4, -0.2) is 9.97 Å². The molecule has 1 aliphatic carbocycles. The molecule has 1 aromatic rings. The Morgan fingerprint density at radius 3 is 2.62 bits per heavy atom. The molecule has 13 heavy (non-hydrogen) atoms. The second-order valence-electron chi connectivity index (χ2n) is 2.67. The van der Waals surface area contributed by atoms with Crippen LogP contribution in [0.25, 0.3) is 12.2 Å². The van der Waals surface area contributed by atoms with Crippen LogP contribution in [0.3, 0.4) is 0 Å². The second kappa shape index (κ2) is 3.23. The van der Waals surface area contributed by atoms with Crippen LogP contribution in [0.15, 0.2) is 30.5 Å². The monoisotopic (exact) mass is 171 g/mol. The van der Waals surface area contributed by atoms with E-state index in [1.807, 2.05) is 36.5 Å². The Hall–Kier alpha value is -1.90. The van der Waals surface area contributed by atoms with Crippen LogP contribution in [0.4, 0.5) is 5.95 Å². The van der Waals surface area contributed by atoms with Gasteiger partial charge in [-0.05, 0) is 6.08 Å². The molecule has 0 atom stereocenters. The summed E-state index contributed by atoms with van der Waals surface area (Å²) < 4.78 is 0. The first kappa shape index (κ1) is 7.73. The first-order valence-electron chi connectivity index (χ1n) is 4.00. The molecule has 64 valence electrons. The minimum atomic E-state index is 0.307. The van der Waals surface area contributed by atoms with E-state index < -0.39 is 0 Å². The highest BCUT2D eigenvalue weighted by Crippen LogP contribution is 2.12. The fourth-order valence-corrected chi connectivity index (χ4v) is 1.11. The fraction of sp³-hybridized carbons (Fsp3) is 0. The van der Waals surface area contributed by atoms with Gasteiger partial charge in [0.15, 0.2) is 0 Å². The molecule has 0 saturated carbocycles. The second-order valence-corrected chi connectivity index (χ2v) is 2.67. The fourth-order valence-electron chi connectivity index (χ4n) is 1.11. The molecule has 3 heteroatoms. The van der Waals surface area contributed by atoms with Crippen molar-refractivity contribution in [2.24, 2.45) is 0 Å². The summed E-state index contributed by atoms with van der Waals surface area (Å²) in [6, 6.07) is 0. The Bertz CT molecular complexity index is 403. The summed E-state index contributed by atoms with van der Waals surface area (Å²) >= 11 is 0. The first-order chi connectivity index (χ1) is 6.36. The zero-order valence-corrected chi connectivity index (χ0v) is 7.01. The molecule has 2 N–H and O–H groups in total. The summed E-state index contributed by atoms with van der Waals surface area (Å²) in [6.07, 6.45) is 13.4. The van der Waals surface area contributed by atoms with Crippen molar-refractivity contribution in [1.29, 1.82) is 0 Å². The van der Waals surface area contributed by atoms with Gasteiger partial charge in [-0.3, -0.25) is 0 Å². The van der Waals surface area contributed by atoms with Crippen molar-refractivity contribution in [3.8, 4) is 0 Å². The van der Waals surface area contributed by atoms with Crippen molar-refractivity contribution in [2.45, 2.75) is 0 Å². The van der Waals surface area contributed by atoms with E-state index in [4.69, 9.17) is 5.73 Å². The van der Waals surface area contributed by atoms with Crippen molar-refractivity contribution in [3.05, 3.63) is 41.8 Å². The summed E-state index contributed by atoms with van der Waals surface area (Å²) in [6.45, 7) is 0. The Kier molecular flexibility index (Phi) is 1.92.